The zero-order chi connectivity index (χ0) is 11.5. The standard InChI is InChI=1S/C11H18N4O/c1-8-5-9(2)15(14-8)7-11(16)13-10-3-4-12-6-10/h5,10,12H,3-4,6-7H2,1-2H3,(H,13,16). The highest BCUT2D eigenvalue weighted by Crippen LogP contribution is 2.02. The molecule has 2 N–H and O–H groups in total. The van der Waals surface area contributed by atoms with Crippen molar-refractivity contribution in [3.63, 3.8) is 0 Å². The molecule has 5 nitrogen and oxygen atoms in total. The van der Waals surface area contributed by atoms with E-state index in [1.54, 1.807) is 4.68 Å². The number of nitrogens with zero attached hydrogens (tertiary/aromatic N) is 2. The molecule has 0 saturated carbocycles. The molecule has 1 fully saturated rings. The molecule has 1 saturated heterocycles. The topological polar surface area (TPSA) is 59.0 Å². The van der Waals surface area contributed by atoms with E-state index in [4.69, 9.17) is 0 Å². The van der Waals surface area contributed by atoms with Crippen LogP contribution in [0.25, 0.3) is 0 Å². The summed E-state index contributed by atoms with van der Waals surface area (Å²) in [6, 6.07) is 2.26. The lowest BCUT2D eigenvalue weighted by atomic mass is 10.2. The fourth-order valence-corrected chi connectivity index (χ4v) is 2.02. The fraction of sp³-hybridized carbons (Fsp3) is 0.636. The summed E-state index contributed by atoms with van der Waals surface area (Å²) in [4.78, 5) is 11.7. The Hall–Kier alpha value is -1.36. The maximum Gasteiger partial charge on any atom is 0.242 e. The van der Waals surface area contributed by atoms with E-state index in [0.717, 1.165) is 30.9 Å². The van der Waals surface area contributed by atoms with Gasteiger partial charge in [-0.1, -0.05) is 0 Å². The Balaban J connectivity index is 1.89. The number of hydrogen-bond donors (Lipinski definition) is 2. The van der Waals surface area contributed by atoms with Crippen molar-refractivity contribution in [2.75, 3.05) is 13.1 Å². The summed E-state index contributed by atoms with van der Waals surface area (Å²) in [5.74, 6) is 0.0416. The lowest BCUT2D eigenvalue weighted by Crippen LogP contribution is -2.38. The molecule has 0 radical (unpaired) electrons. The Kier molecular flexibility index (Phi) is 3.24. The van der Waals surface area contributed by atoms with Crippen LogP contribution in [0.3, 0.4) is 0 Å². The van der Waals surface area contributed by atoms with Gasteiger partial charge in [0.25, 0.3) is 0 Å². The second-order valence-corrected chi connectivity index (χ2v) is 4.34. The Labute approximate surface area is 95.2 Å². The van der Waals surface area contributed by atoms with Gasteiger partial charge in [-0.15, -0.1) is 0 Å². The van der Waals surface area contributed by atoms with E-state index in [9.17, 15) is 4.79 Å². The maximum atomic E-state index is 11.7. The summed E-state index contributed by atoms with van der Waals surface area (Å²) in [5, 5.41) is 10.5. The average molecular weight is 222 g/mol. The predicted molar refractivity (Wildman–Crippen MR) is 61.1 cm³/mol. The fourth-order valence-electron chi connectivity index (χ4n) is 2.02. The van der Waals surface area contributed by atoms with Crippen molar-refractivity contribution >= 4 is 5.91 Å². The first-order valence-electron chi connectivity index (χ1n) is 5.66. The maximum absolute atomic E-state index is 11.7. The molecule has 2 heterocycles. The van der Waals surface area contributed by atoms with Gasteiger partial charge in [-0.3, -0.25) is 9.48 Å². The van der Waals surface area contributed by atoms with Crippen LogP contribution in [-0.2, 0) is 11.3 Å². The summed E-state index contributed by atoms with van der Waals surface area (Å²) in [5.41, 5.74) is 1.98. The molecule has 1 atom stereocenters. The van der Waals surface area contributed by atoms with Crippen LogP contribution in [0.4, 0.5) is 0 Å². The molecule has 1 unspecified atom stereocenters. The quantitative estimate of drug-likeness (QED) is 0.755. The van der Waals surface area contributed by atoms with Gasteiger partial charge in [0.05, 0.1) is 5.69 Å². The van der Waals surface area contributed by atoms with Crippen molar-refractivity contribution in [2.45, 2.75) is 32.9 Å². The van der Waals surface area contributed by atoms with E-state index >= 15 is 0 Å². The first kappa shape index (κ1) is 11.1. The van der Waals surface area contributed by atoms with Gasteiger partial charge in [0.1, 0.15) is 6.54 Å². The van der Waals surface area contributed by atoms with E-state index in [2.05, 4.69) is 15.7 Å². The molecule has 88 valence electrons. The molecule has 16 heavy (non-hydrogen) atoms. The summed E-state index contributed by atoms with van der Waals surface area (Å²) in [6.45, 7) is 6.08. The molecule has 1 aliphatic rings. The Morgan fingerprint density at radius 1 is 1.69 bits per heavy atom. The predicted octanol–water partition coefficient (Wildman–Crippen LogP) is -0.0220. The third-order valence-corrected chi connectivity index (χ3v) is 2.82. The Morgan fingerprint density at radius 2 is 2.50 bits per heavy atom. The van der Waals surface area contributed by atoms with Gasteiger partial charge in [0, 0.05) is 18.3 Å². The number of carbonyl (C=O) groups is 1. The number of amides is 1. The van der Waals surface area contributed by atoms with Crippen molar-refractivity contribution in [2.24, 2.45) is 0 Å². The van der Waals surface area contributed by atoms with Crippen molar-refractivity contribution in [3.8, 4) is 0 Å². The number of nitrogens with one attached hydrogen (secondary N) is 2. The first-order valence-corrected chi connectivity index (χ1v) is 5.66. The Morgan fingerprint density at radius 3 is 3.06 bits per heavy atom. The van der Waals surface area contributed by atoms with E-state index in [-0.39, 0.29) is 11.9 Å². The summed E-state index contributed by atoms with van der Waals surface area (Å²) < 4.78 is 1.74. The van der Waals surface area contributed by atoms with Gasteiger partial charge >= 0.3 is 0 Å². The number of hydrogen-bond acceptors (Lipinski definition) is 3. The SMILES string of the molecule is Cc1cc(C)n(CC(=O)NC2CCNC2)n1. The van der Waals surface area contributed by atoms with Gasteiger partial charge in [-0.2, -0.15) is 5.10 Å². The number of rotatable bonds is 3. The summed E-state index contributed by atoms with van der Waals surface area (Å²) in [6.07, 6.45) is 1.02. The smallest absolute Gasteiger partial charge is 0.242 e. The normalized spacial score (nSPS) is 20.0. The molecule has 1 aromatic rings. The number of aromatic nitrogens is 2. The zero-order valence-electron chi connectivity index (χ0n) is 9.79. The summed E-state index contributed by atoms with van der Waals surface area (Å²) in [7, 11) is 0. The highest BCUT2D eigenvalue weighted by Gasteiger charge is 2.17. The van der Waals surface area contributed by atoms with Crippen molar-refractivity contribution < 1.29 is 4.79 Å². The van der Waals surface area contributed by atoms with E-state index < -0.39 is 0 Å². The average Bonchev–Trinajstić information content (AvgIpc) is 2.78. The molecule has 1 aliphatic heterocycles. The minimum Gasteiger partial charge on any atom is -0.350 e. The van der Waals surface area contributed by atoms with Crippen molar-refractivity contribution in [1.82, 2.24) is 20.4 Å². The minimum absolute atomic E-state index is 0.0416. The van der Waals surface area contributed by atoms with Gasteiger partial charge in [0.2, 0.25) is 5.91 Å². The zero-order valence-corrected chi connectivity index (χ0v) is 9.79. The molecule has 1 amide bonds. The van der Waals surface area contributed by atoms with Crippen LogP contribution >= 0.6 is 0 Å². The van der Waals surface area contributed by atoms with Crippen LogP contribution in [0.5, 0.6) is 0 Å². The molecule has 5 heteroatoms. The third kappa shape index (κ3) is 2.61. The molecular formula is C11H18N4O. The second-order valence-electron chi connectivity index (χ2n) is 4.34. The largest absolute Gasteiger partial charge is 0.350 e. The Bertz CT molecular complexity index is 379. The highest BCUT2D eigenvalue weighted by atomic mass is 16.2. The van der Waals surface area contributed by atoms with Crippen LogP contribution in [-0.4, -0.2) is 34.8 Å². The number of aryl methyl sites for hydroxylation is 2. The minimum atomic E-state index is 0.0416. The molecule has 0 spiro atoms. The van der Waals surface area contributed by atoms with Crippen LogP contribution in [0.15, 0.2) is 6.07 Å². The number of carbonyl (C=O) groups excluding carboxylic acids is 1. The van der Waals surface area contributed by atoms with Crippen LogP contribution < -0.4 is 10.6 Å². The van der Waals surface area contributed by atoms with Crippen LogP contribution in [0, 0.1) is 13.8 Å². The third-order valence-electron chi connectivity index (χ3n) is 2.82. The molecule has 0 aliphatic carbocycles. The van der Waals surface area contributed by atoms with Gasteiger partial charge in [-0.05, 0) is 32.9 Å². The lowest BCUT2D eigenvalue weighted by molar-refractivity contribution is -0.122. The van der Waals surface area contributed by atoms with Gasteiger partial charge < -0.3 is 10.6 Å². The highest BCUT2D eigenvalue weighted by molar-refractivity contribution is 5.76. The first-order chi connectivity index (χ1) is 7.65. The second kappa shape index (κ2) is 4.65. The molecular weight excluding hydrogens is 204 g/mol. The van der Waals surface area contributed by atoms with E-state index in [1.807, 2.05) is 19.9 Å². The lowest BCUT2D eigenvalue weighted by Gasteiger charge is -2.11. The molecule has 2 rings (SSSR count). The van der Waals surface area contributed by atoms with Crippen molar-refractivity contribution in [1.29, 1.82) is 0 Å². The molecule has 0 bridgehead atoms. The summed E-state index contributed by atoms with van der Waals surface area (Å²) >= 11 is 0. The van der Waals surface area contributed by atoms with Gasteiger partial charge in [0.15, 0.2) is 0 Å². The monoisotopic (exact) mass is 222 g/mol. The van der Waals surface area contributed by atoms with Crippen LogP contribution in [0.2, 0.25) is 0 Å². The van der Waals surface area contributed by atoms with Crippen molar-refractivity contribution in [3.05, 3.63) is 17.5 Å². The van der Waals surface area contributed by atoms with E-state index in [1.165, 1.54) is 0 Å². The molecule has 0 aromatic carbocycles. The van der Waals surface area contributed by atoms with Gasteiger partial charge in [-0.25, -0.2) is 0 Å². The van der Waals surface area contributed by atoms with E-state index in [0.29, 0.717) is 6.54 Å². The molecule has 1 aromatic heterocycles. The van der Waals surface area contributed by atoms with Crippen LogP contribution in [0.1, 0.15) is 17.8 Å².